The fourth-order valence-electron chi connectivity index (χ4n) is 1.75. The minimum atomic E-state index is -0.226. The van der Waals surface area contributed by atoms with Crippen molar-refractivity contribution in [3.63, 3.8) is 0 Å². The zero-order valence-corrected chi connectivity index (χ0v) is 11.2. The maximum absolute atomic E-state index is 11.9. The van der Waals surface area contributed by atoms with E-state index in [4.69, 9.17) is 16.0 Å². The Morgan fingerprint density at radius 3 is 2.19 bits per heavy atom. The van der Waals surface area contributed by atoms with Gasteiger partial charge >= 0.3 is 0 Å². The molecule has 0 fully saturated rings. The zero-order chi connectivity index (χ0) is 15.2. The van der Waals surface area contributed by atoms with Gasteiger partial charge in [-0.1, -0.05) is 29.4 Å². The predicted molar refractivity (Wildman–Crippen MR) is 78.2 cm³/mol. The second kappa shape index (κ2) is 6.42. The Morgan fingerprint density at radius 1 is 1.05 bits per heavy atom. The summed E-state index contributed by atoms with van der Waals surface area (Å²) < 4.78 is 0. The molecule has 0 aliphatic carbocycles. The van der Waals surface area contributed by atoms with E-state index in [1.54, 1.807) is 36.4 Å². The summed E-state index contributed by atoms with van der Waals surface area (Å²) in [6.07, 6.45) is 0. The van der Waals surface area contributed by atoms with Crippen LogP contribution < -0.4 is 11.1 Å². The maximum atomic E-state index is 11.9. The van der Waals surface area contributed by atoms with Crippen molar-refractivity contribution in [2.45, 2.75) is 6.54 Å². The van der Waals surface area contributed by atoms with E-state index in [1.165, 1.54) is 12.1 Å². The fourth-order valence-corrected chi connectivity index (χ4v) is 1.75. The van der Waals surface area contributed by atoms with Gasteiger partial charge in [-0.2, -0.15) is 0 Å². The first-order valence-corrected chi connectivity index (χ1v) is 6.24. The number of nitrogens with zero attached hydrogens (tertiary/aromatic N) is 1. The van der Waals surface area contributed by atoms with Gasteiger partial charge in [0.25, 0.3) is 5.91 Å². The van der Waals surface area contributed by atoms with Crippen molar-refractivity contribution >= 4 is 11.7 Å². The van der Waals surface area contributed by atoms with Gasteiger partial charge in [0.1, 0.15) is 5.75 Å². The van der Waals surface area contributed by atoms with Crippen molar-refractivity contribution < 1.29 is 15.1 Å². The third-order valence-corrected chi connectivity index (χ3v) is 2.94. The molecule has 0 unspecified atom stereocenters. The van der Waals surface area contributed by atoms with Gasteiger partial charge in [-0.3, -0.25) is 4.79 Å². The minimum absolute atomic E-state index is 0.0367. The number of hydrogen-bond donors (Lipinski definition) is 4. The van der Waals surface area contributed by atoms with Crippen molar-refractivity contribution in [2.75, 3.05) is 0 Å². The van der Waals surface area contributed by atoms with Crippen molar-refractivity contribution in [3.8, 4) is 5.75 Å². The number of amides is 1. The molecule has 6 heteroatoms. The highest BCUT2D eigenvalue weighted by Gasteiger charge is 2.05. The lowest BCUT2D eigenvalue weighted by Crippen LogP contribution is -2.22. The number of nitrogens with two attached hydrogens (primary N) is 1. The van der Waals surface area contributed by atoms with E-state index in [0.29, 0.717) is 17.7 Å². The van der Waals surface area contributed by atoms with Crippen LogP contribution in [-0.4, -0.2) is 22.1 Å². The largest absolute Gasteiger partial charge is 0.508 e. The number of phenols is 1. The zero-order valence-electron chi connectivity index (χ0n) is 11.2. The van der Waals surface area contributed by atoms with E-state index in [1.807, 2.05) is 0 Å². The maximum Gasteiger partial charge on any atom is 0.251 e. The number of benzene rings is 2. The Hall–Kier alpha value is -3.02. The number of oxime groups is 1. The third-order valence-electron chi connectivity index (χ3n) is 2.94. The summed E-state index contributed by atoms with van der Waals surface area (Å²) in [5, 5.41) is 23.4. The molecule has 108 valence electrons. The van der Waals surface area contributed by atoms with E-state index >= 15 is 0 Å². The summed E-state index contributed by atoms with van der Waals surface area (Å²) in [5.74, 6) is -0.0736. The van der Waals surface area contributed by atoms with Gasteiger partial charge < -0.3 is 21.4 Å². The van der Waals surface area contributed by atoms with Crippen LogP contribution in [0.4, 0.5) is 0 Å². The SMILES string of the molecule is NC(=NO)c1ccc(CNC(=O)c2ccc(O)cc2)cc1. The molecule has 0 saturated heterocycles. The molecule has 0 atom stereocenters. The molecule has 0 aromatic heterocycles. The average Bonchev–Trinajstić information content (AvgIpc) is 2.53. The van der Waals surface area contributed by atoms with Crippen LogP contribution in [0.25, 0.3) is 0 Å². The Morgan fingerprint density at radius 2 is 1.62 bits per heavy atom. The van der Waals surface area contributed by atoms with Crippen LogP contribution in [0.3, 0.4) is 0 Å². The van der Waals surface area contributed by atoms with Gasteiger partial charge in [0, 0.05) is 17.7 Å². The molecule has 6 nitrogen and oxygen atoms in total. The van der Waals surface area contributed by atoms with Gasteiger partial charge in [0.2, 0.25) is 0 Å². The molecule has 0 aliphatic heterocycles. The first-order chi connectivity index (χ1) is 10.1. The van der Waals surface area contributed by atoms with Crippen molar-refractivity contribution in [2.24, 2.45) is 10.9 Å². The quantitative estimate of drug-likeness (QED) is 0.295. The molecule has 0 saturated carbocycles. The summed E-state index contributed by atoms with van der Waals surface area (Å²) in [7, 11) is 0. The molecule has 0 heterocycles. The molecule has 5 N–H and O–H groups in total. The van der Waals surface area contributed by atoms with Crippen molar-refractivity contribution in [1.82, 2.24) is 5.32 Å². The number of aromatic hydroxyl groups is 1. The second-order valence-electron chi connectivity index (χ2n) is 4.41. The van der Waals surface area contributed by atoms with E-state index in [9.17, 15) is 4.79 Å². The number of hydrogen-bond acceptors (Lipinski definition) is 4. The standard InChI is InChI=1S/C15H15N3O3/c16-14(18-21)11-3-1-10(2-4-11)9-17-15(20)12-5-7-13(19)8-6-12/h1-8,19,21H,9H2,(H2,16,18)(H,17,20). The summed E-state index contributed by atoms with van der Waals surface area (Å²) in [6, 6.07) is 13.0. The first kappa shape index (κ1) is 14.4. The number of nitrogens with one attached hydrogen (secondary N) is 1. The Bertz CT molecular complexity index is 649. The van der Waals surface area contributed by atoms with Crippen LogP contribution in [0.15, 0.2) is 53.7 Å². The fraction of sp³-hybridized carbons (Fsp3) is 0.0667. The van der Waals surface area contributed by atoms with E-state index in [0.717, 1.165) is 5.56 Å². The molecule has 1 amide bonds. The van der Waals surface area contributed by atoms with Crippen LogP contribution in [0.1, 0.15) is 21.5 Å². The summed E-state index contributed by atoms with van der Waals surface area (Å²) >= 11 is 0. The lowest BCUT2D eigenvalue weighted by atomic mass is 10.1. The lowest BCUT2D eigenvalue weighted by Gasteiger charge is -2.06. The Kier molecular flexibility index (Phi) is 4.40. The van der Waals surface area contributed by atoms with Gasteiger partial charge in [-0.25, -0.2) is 0 Å². The van der Waals surface area contributed by atoms with E-state index < -0.39 is 0 Å². The summed E-state index contributed by atoms with van der Waals surface area (Å²) in [4.78, 5) is 11.9. The van der Waals surface area contributed by atoms with Gasteiger partial charge in [-0.05, 0) is 29.8 Å². The van der Waals surface area contributed by atoms with Crippen LogP contribution in [0.2, 0.25) is 0 Å². The van der Waals surface area contributed by atoms with Crippen LogP contribution in [-0.2, 0) is 6.54 Å². The van der Waals surface area contributed by atoms with Crippen molar-refractivity contribution in [3.05, 3.63) is 65.2 Å². The highest BCUT2D eigenvalue weighted by Crippen LogP contribution is 2.10. The summed E-state index contributed by atoms with van der Waals surface area (Å²) in [5.41, 5.74) is 7.43. The molecule has 2 rings (SSSR count). The van der Waals surface area contributed by atoms with Gasteiger partial charge in [0.15, 0.2) is 5.84 Å². The Labute approximate surface area is 121 Å². The molecular formula is C15H15N3O3. The average molecular weight is 285 g/mol. The summed E-state index contributed by atoms with van der Waals surface area (Å²) in [6.45, 7) is 0.357. The molecule has 0 bridgehead atoms. The van der Waals surface area contributed by atoms with Gasteiger partial charge in [-0.15, -0.1) is 0 Å². The lowest BCUT2D eigenvalue weighted by molar-refractivity contribution is 0.0951. The molecule has 2 aromatic carbocycles. The minimum Gasteiger partial charge on any atom is -0.508 e. The van der Waals surface area contributed by atoms with Crippen molar-refractivity contribution in [1.29, 1.82) is 0 Å². The predicted octanol–water partition coefficient (Wildman–Crippen LogP) is 1.42. The highest BCUT2D eigenvalue weighted by atomic mass is 16.4. The number of phenolic OH excluding ortho intramolecular Hbond substituents is 1. The normalized spacial score (nSPS) is 11.1. The first-order valence-electron chi connectivity index (χ1n) is 6.24. The van der Waals surface area contributed by atoms with Crippen LogP contribution >= 0.6 is 0 Å². The number of carbonyl (C=O) groups excluding carboxylic acids is 1. The van der Waals surface area contributed by atoms with Crippen LogP contribution in [0, 0.1) is 0 Å². The van der Waals surface area contributed by atoms with Crippen LogP contribution in [0.5, 0.6) is 5.75 Å². The molecule has 2 aromatic rings. The topological polar surface area (TPSA) is 108 Å². The molecule has 0 spiro atoms. The Balaban J connectivity index is 1.96. The molecule has 0 aliphatic rings. The number of rotatable bonds is 4. The number of carbonyl (C=O) groups is 1. The molecule has 0 radical (unpaired) electrons. The smallest absolute Gasteiger partial charge is 0.251 e. The third kappa shape index (κ3) is 3.73. The monoisotopic (exact) mass is 285 g/mol. The second-order valence-corrected chi connectivity index (χ2v) is 4.41. The molecule has 21 heavy (non-hydrogen) atoms. The highest BCUT2D eigenvalue weighted by molar-refractivity contribution is 5.97. The van der Waals surface area contributed by atoms with Gasteiger partial charge in [0.05, 0.1) is 0 Å². The molecular weight excluding hydrogens is 270 g/mol. The van der Waals surface area contributed by atoms with E-state index in [2.05, 4.69) is 10.5 Å². The van der Waals surface area contributed by atoms with E-state index in [-0.39, 0.29) is 17.5 Å². The number of amidine groups is 1.